The van der Waals surface area contributed by atoms with Gasteiger partial charge in [0.1, 0.15) is 12.4 Å². The van der Waals surface area contributed by atoms with Gasteiger partial charge in [0.05, 0.1) is 14.1 Å². The molecule has 1 aromatic heterocycles. The molecule has 0 amide bonds. The van der Waals surface area contributed by atoms with Crippen LogP contribution in [0.25, 0.3) is 0 Å². The van der Waals surface area contributed by atoms with Crippen molar-refractivity contribution in [3.8, 4) is 0 Å². The van der Waals surface area contributed by atoms with E-state index in [4.69, 9.17) is 0 Å². The van der Waals surface area contributed by atoms with Gasteiger partial charge in [-0.2, -0.15) is 52.3 Å². The standard InChI is InChI=1S/C6HF12IO4S.C5H9N2/c7-1(2(8,9)24(20,21)23-18)22-6(16,17)4(12,13)3(10,11)5(14,15)19;1-6-3-4-7(2)5-6/h1H;3-5H,1-2H3/q;+1. The van der Waals surface area contributed by atoms with Gasteiger partial charge in [-0.1, -0.05) is 4.39 Å². The van der Waals surface area contributed by atoms with Crippen molar-refractivity contribution in [3.05, 3.63) is 18.7 Å². The zero-order valence-corrected chi connectivity index (χ0v) is 17.6. The number of imidazole rings is 1. The summed E-state index contributed by atoms with van der Waals surface area (Å²) in [6.07, 6.45) is -6.49. The molecule has 0 spiro atoms. The summed E-state index contributed by atoms with van der Waals surface area (Å²) in [7, 11) is -2.99. The van der Waals surface area contributed by atoms with Crippen LogP contribution in [0.4, 0.5) is 52.8 Å². The Kier molecular flexibility index (Phi) is 9.14. The van der Waals surface area contributed by atoms with Gasteiger partial charge in [-0.25, -0.2) is 13.5 Å². The van der Waals surface area contributed by atoms with Crippen LogP contribution < -0.4 is 4.57 Å². The van der Waals surface area contributed by atoms with Crippen LogP contribution in [0.2, 0.25) is 0 Å². The third kappa shape index (κ3) is 6.27. The normalized spacial score (nSPS) is 15.3. The minimum Gasteiger partial charge on any atom is -0.273 e. The van der Waals surface area contributed by atoms with Crippen molar-refractivity contribution in [1.82, 2.24) is 4.57 Å². The summed E-state index contributed by atoms with van der Waals surface area (Å²) in [6, 6.07) is 0. The van der Waals surface area contributed by atoms with Crippen LogP contribution in [0.5, 0.6) is 0 Å². The van der Waals surface area contributed by atoms with Crippen LogP contribution in [0.3, 0.4) is 0 Å². The predicted molar refractivity (Wildman–Crippen MR) is 82.4 cm³/mol. The molecular formula is C11H10F12IN2O4S+. The fraction of sp³-hybridized carbons (Fsp3) is 0.727. The van der Waals surface area contributed by atoms with E-state index in [0.717, 1.165) is 0 Å². The molecule has 1 rings (SSSR count). The molecule has 20 heteroatoms. The van der Waals surface area contributed by atoms with Gasteiger partial charge < -0.3 is 0 Å². The third-order valence-electron chi connectivity index (χ3n) is 2.95. The molecule has 184 valence electrons. The number of aryl methyl sites for hydroxylation is 2. The van der Waals surface area contributed by atoms with Crippen molar-refractivity contribution in [2.45, 2.75) is 33.5 Å². The topological polar surface area (TPSA) is 61.4 Å². The number of rotatable bonds is 8. The van der Waals surface area contributed by atoms with Crippen molar-refractivity contribution in [3.63, 3.8) is 0 Å². The lowest BCUT2D eigenvalue weighted by atomic mass is 10.1. The Morgan fingerprint density at radius 3 is 1.71 bits per heavy atom. The summed E-state index contributed by atoms with van der Waals surface area (Å²) >= 11 is -0.706. The lowest BCUT2D eigenvalue weighted by molar-refractivity contribution is -0.670. The highest BCUT2D eigenvalue weighted by Crippen LogP contribution is 2.55. The van der Waals surface area contributed by atoms with E-state index in [-0.39, 0.29) is 0 Å². The minimum atomic E-state index is -7.30. The minimum absolute atomic E-state index is 0.706. The van der Waals surface area contributed by atoms with Gasteiger partial charge in [-0.3, -0.25) is 4.74 Å². The average molecular weight is 621 g/mol. The SMILES string of the molecule is Cn1cc[n+](C)c1.O=S(=O)(OF)C(F)(F)C(F)OC(F)(F)C(F)(F)C(F)(F)C(F)(F)I. The van der Waals surface area contributed by atoms with Gasteiger partial charge in [-0.15, -0.1) is 0 Å². The molecule has 0 aromatic carbocycles. The lowest BCUT2D eigenvalue weighted by Gasteiger charge is -2.35. The van der Waals surface area contributed by atoms with E-state index in [1.807, 2.05) is 46.7 Å². The third-order valence-corrected chi connectivity index (χ3v) is 4.64. The summed E-state index contributed by atoms with van der Waals surface area (Å²) in [5.74, 6) is -14.3. The van der Waals surface area contributed by atoms with Crippen LogP contribution in [0.15, 0.2) is 18.7 Å². The molecule has 0 N–H and O–H groups in total. The molecule has 1 aromatic rings. The van der Waals surface area contributed by atoms with E-state index >= 15 is 0 Å². The maximum absolute atomic E-state index is 12.8. The van der Waals surface area contributed by atoms with Gasteiger partial charge in [-0.05, 0) is 4.53 Å². The molecule has 0 saturated heterocycles. The quantitative estimate of drug-likeness (QED) is 0.192. The first-order valence-corrected chi connectivity index (χ1v) is 9.38. The van der Waals surface area contributed by atoms with Crippen molar-refractivity contribution < 1.29 is 74.9 Å². The van der Waals surface area contributed by atoms with Crippen LogP contribution in [-0.2, 0) is 33.3 Å². The highest BCUT2D eigenvalue weighted by molar-refractivity contribution is 14.1. The Bertz CT molecular complexity index is 825. The van der Waals surface area contributed by atoms with Crippen LogP contribution in [0.1, 0.15) is 0 Å². The van der Waals surface area contributed by atoms with Gasteiger partial charge >= 0.3 is 37.3 Å². The first-order valence-electron chi connectivity index (χ1n) is 6.89. The number of hydrogen-bond acceptors (Lipinski definition) is 4. The second-order valence-corrected chi connectivity index (χ2v) is 8.35. The first kappa shape index (κ1) is 30.0. The van der Waals surface area contributed by atoms with E-state index < -0.39 is 66.2 Å². The summed E-state index contributed by atoms with van der Waals surface area (Å²) < 4.78 is 172. The average Bonchev–Trinajstić information content (AvgIpc) is 2.96. The van der Waals surface area contributed by atoms with Gasteiger partial charge in [0.2, 0.25) is 6.33 Å². The van der Waals surface area contributed by atoms with Crippen LogP contribution in [-0.4, -0.2) is 46.5 Å². The molecule has 1 heterocycles. The number of aromatic nitrogens is 2. The van der Waals surface area contributed by atoms with Crippen molar-refractivity contribution in [1.29, 1.82) is 0 Å². The number of nitrogens with zero attached hydrogens (tertiary/aromatic N) is 2. The van der Waals surface area contributed by atoms with E-state index in [1.165, 1.54) is 0 Å². The fourth-order valence-electron chi connectivity index (χ4n) is 1.36. The first-order chi connectivity index (χ1) is 13.5. The fourth-order valence-corrected chi connectivity index (χ4v) is 2.06. The molecule has 1 atom stereocenters. The second kappa shape index (κ2) is 9.45. The molecule has 31 heavy (non-hydrogen) atoms. The maximum atomic E-state index is 12.8. The smallest absolute Gasteiger partial charge is 0.273 e. The maximum Gasteiger partial charge on any atom is 0.428 e. The molecule has 6 nitrogen and oxygen atoms in total. The summed E-state index contributed by atoms with van der Waals surface area (Å²) in [6.45, 7) is 0. The summed E-state index contributed by atoms with van der Waals surface area (Å²) in [5.41, 5.74) is 0. The molecule has 0 bridgehead atoms. The summed E-state index contributed by atoms with van der Waals surface area (Å²) in [4.78, 5) is 0. The molecule has 1 unspecified atom stereocenters. The highest BCUT2D eigenvalue weighted by atomic mass is 127. The number of alkyl halides is 12. The van der Waals surface area contributed by atoms with E-state index in [9.17, 15) is 61.2 Å². The number of ether oxygens (including phenoxy) is 1. The zero-order chi connectivity index (χ0) is 25.3. The monoisotopic (exact) mass is 621 g/mol. The largest absolute Gasteiger partial charge is 0.428 e. The Morgan fingerprint density at radius 1 is 1.00 bits per heavy atom. The predicted octanol–water partition coefficient (Wildman–Crippen LogP) is 3.86. The molecular weight excluding hydrogens is 611 g/mol. The Labute approximate surface area is 178 Å². The highest BCUT2D eigenvalue weighted by Gasteiger charge is 2.82. The molecule has 0 radical (unpaired) electrons. The number of halogens is 13. The van der Waals surface area contributed by atoms with Crippen molar-refractivity contribution in [2.75, 3.05) is 0 Å². The van der Waals surface area contributed by atoms with Gasteiger partial charge in [0.15, 0.2) is 0 Å². The second-order valence-electron chi connectivity index (χ2n) is 5.42. The molecule has 0 aliphatic rings. The Balaban J connectivity index is 0.00000107. The van der Waals surface area contributed by atoms with E-state index in [2.05, 4.69) is 0 Å². The summed E-state index contributed by atoms with van der Waals surface area (Å²) in [5, 5.41) is -6.43. The molecule has 0 aliphatic carbocycles. The zero-order valence-electron chi connectivity index (χ0n) is 14.7. The van der Waals surface area contributed by atoms with Crippen LogP contribution in [0, 0.1) is 0 Å². The van der Waals surface area contributed by atoms with Gasteiger partial charge in [0.25, 0.3) is 6.36 Å². The van der Waals surface area contributed by atoms with Crippen molar-refractivity contribution >= 4 is 32.7 Å². The molecule has 0 saturated carbocycles. The Morgan fingerprint density at radius 2 is 1.45 bits per heavy atom. The lowest BCUT2D eigenvalue weighted by Crippen LogP contribution is -2.62. The van der Waals surface area contributed by atoms with Crippen LogP contribution >= 0.6 is 22.6 Å². The van der Waals surface area contributed by atoms with E-state index in [1.54, 1.807) is 4.39 Å². The van der Waals surface area contributed by atoms with E-state index in [0.29, 0.717) is 0 Å². The molecule has 0 aliphatic heterocycles. The Hall–Kier alpha value is -1.03. The van der Waals surface area contributed by atoms with Crippen molar-refractivity contribution in [2.24, 2.45) is 14.1 Å². The molecule has 0 fully saturated rings. The van der Waals surface area contributed by atoms with Gasteiger partial charge in [0, 0.05) is 22.6 Å². The number of hydrogen-bond donors (Lipinski definition) is 0.